The third-order valence-corrected chi connectivity index (χ3v) is 3.75. The molecule has 2 rings (SSSR count). The summed E-state index contributed by atoms with van der Waals surface area (Å²) in [6.45, 7) is 1.51. The van der Waals surface area contributed by atoms with Crippen LogP contribution in [0.4, 0.5) is 11.4 Å². The van der Waals surface area contributed by atoms with Crippen molar-refractivity contribution in [1.82, 2.24) is 0 Å². The number of carbonyl (C=O) groups is 1. The highest BCUT2D eigenvalue weighted by Gasteiger charge is 2.20. The van der Waals surface area contributed by atoms with Crippen molar-refractivity contribution < 1.29 is 23.9 Å². The molecule has 26 heavy (non-hydrogen) atoms. The Morgan fingerprint density at radius 2 is 1.77 bits per heavy atom. The Morgan fingerprint density at radius 3 is 2.35 bits per heavy atom. The molecule has 0 aliphatic heterocycles. The van der Waals surface area contributed by atoms with E-state index in [1.807, 2.05) is 0 Å². The lowest BCUT2D eigenvalue weighted by atomic mass is 10.2. The third kappa shape index (κ3) is 4.54. The molecule has 0 fully saturated rings. The van der Waals surface area contributed by atoms with Gasteiger partial charge in [0.2, 0.25) is 0 Å². The molecule has 0 saturated carbocycles. The number of non-ortho nitro benzene ring substituents is 1. The van der Waals surface area contributed by atoms with E-state index in [1.165, 1.54) is 39.3 Å². The van der Waals surface area contributed by atoms with Crippen LogP contribution >= 0.6 is 11.6 Å². The Balaban J connectivity index is 2.12. The SMILES string of the molecule is COc1ccc(NC(=O)[C@H](C)Oc2cc([N+](=O)[O-])ccc2OC)cc1Cl. The molecule has 0 bridgehead atoms. The number of amides is 1. The number of hydrogen-bond acceptors (Lipinski definition) is 6. The van der Waals surface area contributed by atoms with Crippen molar-refractivity contribution >= 4 is 28.9 Å². The van der Waals surface area contributed by atoms with Crippen LogP contribution in [0.3, 0.4) is 0 Å². The molecule has 1 atom stereocenters. The van der Waals surface area contributed by atoms with Crippen molar-refractivity contribution in [3.63, 3.8) is 0 Å². The zero-order valence-electron chi connectivity index (χ0n) is 14.3. The van der Waals surface area contributed by atoms with Gasteiger partial charge in [-0.3, -0.25) is 14.9 Å². The summed E-state index contributed by atoms with van der Waals surface area (Å²) in [4.78, 5) is 22.7. The molecular formula is C17H17ClN2O6. The third-order valence-electron chi connectivity index (χ3n) is 3.45. The van der Waals surface area contributed by atoms with Gasteiger partial charge in [-0.15, -0.1) is 0 Å². The van der Waals surface area contributed by atoms with Crippen molar-refractivity contribution in [3.8, 4) is 17.2 Å². The van der Waals surface area contributed by atoms with E-state index < -0.39 is 16.9 Å². The maximum Gasteiger partial charge on any atom is 0.273 e. The summed E-state index contributed by atoms with van der Waals surface area (Å²) in [5.74, 6) is 0.398. The summed E-state index contributed by atoms with van der Waals surface area (Å²) in [6, 6.07) is 8.68. The standard InChI is InChI=1S/C17H17ClN2O6/c1-10(17(21)19-11-4-6-14(24-2)13(18)8-11)26-16-9-12(20(22)23)5-7-15(16)25-3/h4-10H,1-3H3,(H,19,21)/t10-/m0/s1. The van der Waals surface area contributed by atoms with Gasteiger partial charge in [-0.2, -0.15) is 0 Å². The minimum absolute atomic E-state index is 0.0945. The van der Waals surface area contributed by atoms with Gasteiger partial charge >= 0.3 is 0 Å². The number of hydrogen-bond donors (Lipinski definition) is 1. The number of methoxy groups -OCH3 is 2. The van der Waals surface area contributed by atoms with Gasteiger partial charge in [0.05, 0.1) is 30.2 Å². The van der Waals surface area contributed by atoms with Crippen molar-refractivity contribution in [3.05, 3.63) is 51.5 Å². The van der Waals surface area contributed by atoms with E-state index in [-0.39, 0.29) is 17.2 Å². The average Bonchev–Trinajstić information content (AvgIpc) is 2.61. The van der Waals surface area contributed by atoms with Crippen LogP contribution in [0.2, 0.25) is 5.02 Å². The van der Waals surface area contributed by atoms with Crippen LogP contribution in [0.25, 0.3) is 0 Å². The van der Waals surface area contributed by atoms with Gasteiger partial charge in [-0.25, -0.2) is 0 Å². The van der Waals surface area contributed by atoms with Crippen LogP contribution in [0, 0.1) is 10.1 Å². The molecular weight excluding hydrogens is 364 g/mol. The minimum atomic E-state index is -0.938. The summed E-state index contributed by atoms with van der Waals surface area (Å²) in [7, 11) is 2.89. The molecule has 0 heterocycles. The molecule has 0 aliphatic carbocycles. The fraction of sp³-hybridized carbons (Fsp3) is 0.235. The first kappa shape index (κ1) is 19.3. The zero-order valence-corrected chi connectivity index (χ0v) is 15.1. The number of ether oxygens (including phenoxy) is 3. The number of nitrogens with zero attached hydrogens (tertiary/aromatic N) is 1. The summed E-state index contributed by atoms with van der Waals surface area (Å²) in [5, 5.41) is 13.9. The molecule has 0 unspecified atom stereocenters. The second-order valence-corrected chi connectivity index (χ2v) is 5.60. The van der Waals surface area contributed by atoms with Crippen LogP contribution in [0.1, 0.15) is 6.92 Å². The molecule has 8 nitrogen and oxygen atoms in total. The van der Waals surface area contributed by atoms with Gasteiger partial charge in [-0.1, -0.05) is 11.6 Å². The van der Waals surface area contributed by atoms with E-state index in [0.29, 0.717) is 16.5 Å². The number of halogens is 1. The van der Waals surface area contributed by atoms with Crippen molar-refractivity contribution in [2.24, 2.45) is 0 Å². The lowest BCUT2D eigenvalue weighted by Crippen LogP contribution is -2.30. The lowest BCUT2D eigenvalue weighted by Gasteiger charge is -2.17. The number of nitro benzene ring substituents is 1. The van der Waals surface area contributed by atoms with Gasteiger partial charge < -0.3 is 19.5 Å². The maximum absolute atomic E-state index is 12.3. The second kappa shape index (κ2) is 8.39. The molecule has 0 saturated heterocycles. The van der Waals surface area contributed by atoms with Crippen molar-refractivity contribution in [2.75, 3.05) is 19.5 Å². The van der Waals surface area contributed by atoms with Crippen LogP contribution in [-0.4, -0.2) is 31.2 Å². The molecule has 2 aromatic carbocycles. The molecule has 1 amide bonds. The van der Waals surface area contributed by atoms with Crippen LogP contribution in [0.5, 0.6) is 17.2 Å². The molecule has 0 aliphatic rings. The predicted molar refractivity (Wildman–Crippen MR) is 96.4 cm³/mol. The predicted octanol–water partition coefficient (Wildman–Crippen LogP) is 3.67. The Kier molecular flexibility index (Phi) is 6.24. The van der Waals surface area contributed by atoms with E-state index in [9.17, 15) is 14.9 Å². The fourth-order valence-electron chi connectivity index (χ4n) is 2.10. The highest BCUT2D eigenvalue weighted by Crippen LogP contribution is 2.32. The summed E-state index contributed by atoms with van der Waals surface area (Å²) < 4.78 is 15.7. The minimum Gasteiger partial charge on any atom is -0.495 e. The Labute approximate surface area is 154 Å². The Bertz CT molecular complexity index is 827. The Morgan fingerprint density at radius 1 is 1.12 bits per heavy atom. The van der Waals surface area contributed by atoms with Gasteiger partial charge in [0.15, 0.2) is 17.6 Å². The van der Waals surface area contributed by atoms with E-state index in [4.69, 9.17) is 25.8 Å². The van der Waals surface area contributed by atoms with E-state index in [0.717, 1.165) is 0 Å². The molecule has 2 aromatic rings. The Hall–Kier alpha value is -3.00. The molecule has 9 heteroatoms. The zero-order chi connectivity index (χ0) is 19.3. The van der Waals surface area contributed by atoms with Crippen molar-refractivity contribution in [2.45, 2.75) is 13.0 Å². The lowest BCUT2D eigenvalue weighted by molar-refractivity contribution is -0.385. The number of benzene rings is 2. The maximum atomic E-state index is 12.3. The number of nitrogens with one attached hydrogen (secondary N) is 1. The first-order valence-electron chi connectivity index (χ1n) is 7.49. The number of anilines is 1. The van der Waals surface area contributed by atoms with Crippen LogP contribution in [-0.2, 0) is 4.79 Å². The van der Waals surface area contributed by atoms with Crippen molar-refractivity contribution in [1.29, 1.82) is 0 Å². The quantitative estimate of drug-likeness (QED) is 0.581. The van der Waals surface area contributed by atoms with Gasteiger partial charge in [0.1, 0.15) is 5.75 Å². The number of carbonyl (C=O) groups excluding carboxylic acids is 1. The van der Waals surface area contributed by atoms with Crippen LogP contribution in [0.15, 0.2) is 36.4 Å². The van der Waals surface area contributed by atoms with E-state index >= 15 is 0 Å². The summed E-state index contributed by atoms with van der Waals surface area (Å²) in [5.41, 5.74) is 0.289. The van der Waals surface area contributed by atoms with E-state index in [1.54, 1.807) is 18.2 Å². The summed E-state index contributed by atoms with van der Waals surface area (Å²) in [6.07, 6.45) is -0.938. The largest absolute Gasteiger partial charge is 0.495 e. The summed E-state index contributed by atoms with van der Waals surface area (Å²) >= 11 is 6.02. The first-order chi connectivity index (χ1) is 12.3. The van der Waals surface area contributed by atoms with E-state index in [2.05, 4.69) is 5.32 Å². The fourth-order valence-corrected chi connectivity index (χ4v) is 2.36. The van der Waals surface area contributed by atoms with Gasteiger partial charge in [-0.05, 0) is 31.2 Å². The smallest absolute Gasteiger partial charge is 0.273 e. The molecule has 0 radical (unpaired) electrons. The topological polar surface area (TPSA) is 99.9 Å². The number of nitro groups is 1. The monoisotopic (exact) mass is 380 g/mol. The van der Waals surface area contributed by atoms with Crippen LogP contribution < -0.4 is 19.5 Å². The average molecular weight is 381 g/mol. The normalized spacial score (nSPS) is 11.4. The second-order valence-electron chi connectivity index (χ2n) is 5.19. The molecule has 0 aromatic heterocycles. The van der Waals surface area contributed by atoms with Gasteiger partial charge in [0, 0.05) is 11.8 Å². The highest BCUT2D eigenvalue weighted by atomic mass is 35.5. The molecule has 0 spiro atoms. The highest BCUT2D eigenvalue weighted by molar-refractivity contribution is 6.32. The molecule has 138 valence electrons. The first-order valence-corrected chi connectivity index (χ1v) is 7.87. The van der Waals surface area contributed by atoms with Gasteiger partial charge in [0.25, 0.3) is 11.6 Å². The number of rotatable bonds is 7. The molecule has 1 N–H and O–H groups in total.